The molecule has 0 spiro atoms. The number of ether oxygens (including phenoxy) is 1. The highest BCUT2D eigenvalue weighted by molar-refractivity contribution is 5.65. The molecule has 60 heavy (non-hydrogen) atoms. The molecule has 2 heterocycles. The Labute approximate surface area is 366 Å². The van der Waals surface area contributed by atoms with Crippen LogP contribution in [0.1, 0.15) is 198 Å². The van der Waals surface area contributed by atoms with Crippen molar-refractivity contribution in [1.29, 1.82) is 0 Å². The van der Waals surface area contributed by atoms with Gasteiger partial charge in [0.2, 0.25) is 0 Å². The molecule has 1 aromatic heterocycles. The van der Waals surface area contributed by atoms with Crippen LogP contribution in [0.15, 0.2) is 80.9 Å². The number of aryl methyl sites for hydroxylation is 5. The van der Waals surface area contributed by atoms with E-state index in [9.17, 15) is 4.79 Å². The van der Waals surface area contributed by atoms with Crippen LogP contribution in [-0.4, -0.2) is 0 Å². The predicted molar refractivity (Wildman–Crippen MR) is 255 cm³/mol. The molecule has 0 saturated heterocycles. The van der Waals surface area contributed by atoms with E-state index in [1.54, 1.807) is 29.2 Å². The highest BCUT2D eigenvalue weighted by atomic mass is 16.6. The third-order valence-corrected chi connectivity index (χ3v) is 12.4. The summed E-state index contributed by atoms with van der Waals surface area (Å²) < 4.78 is 15.4. The first-order valence-corrected chi connectivity index (χ1v) is 22.9. The van der Waals surface area contributed by atoms with Crippen LogP contribution < -0.4 is 5.82 Å². The maximum Gasteiger partial charge on any atom is 0.519 e. The van der Waals surface area contributed by atoms with E-state index >= 15 is 0 Å². The summed E-state index contributed by atoms with van der Waals surface area (Å²) in [6.45, 7) is 39.2. The summed E-state index contributed by atoms with van der Waals surface area (Å²) in [5.74, 6) is 2.48. The summed E-state index contributed by atoms with van der Waals surface area (Å²) in [5, 5.41) is 0. The van der Waals surface area contributed by atoms with Crippen LogP contribution in [0.3, 0.4) is 0 Å². The second kappa shape index (κ2) is 19.5. The zero-order chi connectivity index (χ0) is 44.8. The number of benzene rings is 3. The fourth-order valence-corrected chi connectivity index (χ4v) is 8.26. The van der Waals surface area contributed by atoms with Gasteiger partial charge in [-0.15, -0.1) is 0 Å². The topological polar surface area (TPSA) is 52.6 Å². The largest absolute Gasteiger partial charge is 0.519 e. The van der Waals surface area contributed by atoms with Crippen molar-refractivity contribution in [3.63, 3.8) is 0 Å². The molecule has 1 fully saturated rings. The molecule has 0 bridgehead atoms. The summed E-state index contributed by atoms with van der Waals surface area (Å²) in [6.07, 6.45) is 13.2. The molecule has 1 saturated carbocycles. The van der Waals surface area contributed by atoms with E-state index in [2.05, 4.69) is 165 Å². The van der Waals surface area contributed by atoms with Crippen LogP contribution in [0.4, 0.5) is 0 Å². The van der Waals surface area contributed by atoms with Crippen molar-refractivity contribution in [1.82, 2.24) is 0 Å². The minimum atomic E-state index is -0.605. The van der Waals surface area contributed by atoms with Crippen LogP contribution in [0.2, 0.25) is 0 Å². The Bertz CT molecular complexity index is 2000. The summed E-state index contributed by atoms with van der Waals surface area (Å²) in [4.78, 5) is 10.7. The molecule has 8 rings (SSSR count). The number of fused-ring (bicyclic) bond motifs is 3. The molecular weight excluding hydrogens is 737 g/mol. The number of rotatable bonds is 1. The monoisotopic (exact) mass is 819 g/mol. The molecule has 3 aromatic carbocycles. The Balaban J connectivity index is 0.000000167. The summed E-state index contributed by atoms with van der Waals surface area (Å²) in [7, 11) is 0. The second-order valence-corrected chi connectivity index (χ2v) is 23.2. The van der Waals surface area contributed by atoms with Crippen molar-refractivity contribution in [3.05, 3.63) is 134 Å². The van der Waals surface area contributed by atoms with Crippen molar-refractivity contribution in [2.24, 2.45) is 22.2 Å². The van der Waals surface area contributed by atoms with Crippen LogP contribution in [0, 0.1) is 29.1 Å². The standard InChI is InChI=1S/C13H16O.2C13H18.C9H14O3.C8H16/c1-9-10-7-5-6-8-11(10)12(14-9)13(2,3)4;2*1-13(2,3)12-8-7-10-5-4-6-11(10)9-12;1-6-7(5-9(2,3)4)12-8(10)11-6;1-8(2,3)7-5-4-6-7/h5-8,12H,1H2,2-4H3;2*7-9H,4-6H2,1-3H3;5H2,1-4H3;7H,4-6H2,1-3H3. The van der Waals surface area contributed by atoms with Crippen molar-refractivity contribution in [2.45, 2.75) is 192 Å². The highest BCUT2D eigenvalue weighted by Gasteiger charge is 2.35. The van der Waals surface area contributed by atoms with Gasteiger partial charge in [-0.25, -0.2) is 4.79 Å². The van der Waals surface area contributed by atoms with Gasteiger partial charge in [0.25, 0.3) is 0 Å². The van der Waals surface area contributed by atoms with Crippen molar-refractivity contribution < 1.29 is 13.6 Å². The van der Waals surface area contributed by atoms with Crippen molar-refractivity contribution in [2.75, 3.05) is 0 Å². The predicted octanol–water partition coefficient (Wildman–Crippen LogP) is 15.7. The smallest absolute Gasteiger partial charge is 0.485 e. The molecule has 1 unspecified atom stereocenters. The van der Waals surface area contributed by atoms with Gasteiger partial charge < -0.3 is 13.6 Å². The Hall–Kier alpha value is -3.79. The fraction of sp³-hybridized carbons (Fsp3) is 0.589. The first kappa shape index (κ1) is 48.9. The third kappa shape index (κ3) is 14.1. The summed E-state index contributed by atoms with van der Waals surface area (Å²) >= 11 is 0. The van der Waals surface area contributed by atoms with Gasteiger partial charge in [0.05, 0.1) is 0 Å². The van der Waals surface area contributed by atoms with E-state index in [0.29, 0.717) is 27.8 Å². The Morgan fingerprint density at radius 2 is 1.08 bits per heavy atom. The quantitative estimate of drug-likeness (QED) is 0.192. The van der Waals surface area contributed by atoms with Gasteiger partial charge in [0.1, 0.15) is 23.4 Å². The molecule has 4 heteroatoms. The minimum absolute atomic E-state index is 0.116. The van der Waals surface area contributed by atoms with Gasteiger partial charge >= 0.3 is 5.82 Å². The lowest BCUT2D eigenvalue weighted by atomic mass is 9.69. The van der Waals surface area contributed by atoms with Crippen LogP contribution in [0.5, 0.6) is 0 Å². The third-order valence-electron chi connectivity index (χ3n) is 12.4. The lowest BCUT2D eigenvalue weighted by molar-refractivity contribution is 0.0751. The van der Waals surface area contributed by atoms with E-state index in [-0.39, 0.29) is 16.9 Å². The average molecular weight is 819 g/mol. The lowest BCUT2D eigenvalue weighted by Gasteiger charge is -2.37. The van der Waals surface area contributed by atoms with Crippen LogP contribution in [0.25, 0.3) is 5.76 Å². The normalized spacial score (nSPS) is 17.1. The maximum absolute atomic E-state index is 10.7. The average Bonchev–Trinajstić information content (AvgIpc) is 3.89. The first-order valence-electron chi connectivity index (χ1n) is 22.9. The SMILES string of the molecule is C=C1OC(C(C)(C)C)c2ccccc21.CC(C)(C)C1CCC1.CC(C)(C)c1ccc2c(c1)CCC2.CC(C)(C)c1ccc2c(c1)CCC2.Cc1oc(=O)oc1CC(C)(C)C. The van der Waals surface area contributed by atoms with Gasteiger partial charge in [-0.1, -0.05) is 178 Å². The molecule has 4 aliphatic rings. The highest BCUT2D eigenvalue weighted by Crippen LogP contribution is 2.46. The van der Waals surface area contributed by atoms with Crippen LogP contribution in [-0.2, 0) is 47.7 Å². The molecule has 4 aromatic rings. The second-order valence-electron chi connectivity index (χ2n) is 23.2. The fourth-order valence-electron chi connectivity index (χ4n) is 8.26. The molecule has 4 nitrogen and oxygen atoms in total. The van der Waals surface area contributed by atoms with E-state index < -0.39 is 5.82 Å². The molecule has 1 aliphatic heterocycles. The number of hydrogen-bond acceptors (Lipinski definition) is 4. The molecular formula is C56H82O4. The van der Waals surface area contributed by atoms with Gasteiger partial charge in [-0.05, 0) is 119 Å². The van der Waals surface area contributed by atoms with Gasteiger partial charge in [-0.3, -0.25) is 0 Å². The van der Waals surface area contributed by atoms with E-state index in [1.807, 2.05) is 6.07 Å². The zero-order valence-electron chi connectivity index (χ0n) is 40.8. The van der Waals surface area contributed by atoms with Crippen molar-refractivity contribution in [3.8, 4) is 0 Å². The molecule has 330 valence electrons. The van der Waals surface area contributed by atoms with Crippen LogP contribution >= 0.6 is 0 Å². The van der Waals surface area contributed by atoms with Crippen molar-refractivity contribution >= 4 is 5.76 Å². The summed E-state index contributed by atoms with van der Waals surface area (Å²) in [6, 6.07) is 22.3. The minimum Gasteiger partial charge on any atom is -0.485 e. The van der Waals surface area contributed by atoms with E-state index in [0.717, 1.165) is 23.7 Å². The summed E-state index contributed by atoms with van der Waals surface area (Å²) in [5.41, 5.74) is 13.2. The Morgan fingerprint density at radius 3 is 1.45 bits per heavy atom. The maximum atomic E-state index is 10.7. The first-order chi connectivity index (χ1) is 27.6. The Kier molecular flexibility index (Phi) is 15.9. The van der Waals surface area contributed by atoms with Gasteiger partial charge in [0.15, 0.2) is 0 Å². The Morgan fingerprint density at radius 1 is 0.600 bits per heavy atom. The molecule has 0 radical (unpaired) electrons. The zero-order valence-corrected chi connectivity index (χ0v) is 40.8. The molecule has 3 aliphatic carbocycles. The molecule has 0 N–H and O–H groups in total. The van der Waals surface area contributed by atoms with E-state index in [4.69, 9.17) is 13.6 Å². The molecule has 0 amide bonds. The van der Waals surface area contributed by atoms with Gasteiger partial charge in [0, 0.05) is 23.0 Å². The van der Waals surface area contributed by atoms with E-state index in [1.165, 1.54) is 74.5 Å². The number of hydrogen-bond donors (Lipinski definition) is 0. The van der Waals surface area contributed by atoms with Gasteiger partial charge in [-0.2, -0.15) is 0 Å². The molecule has 1 atom stereocenters. The lowest BCUT2D eigenvalue weighted by Crippen LogP contribution is -2.26.